The average Bonchev–Trinajstić information content (AvgIpc) is 1.61. The molecule has 0 rings (SSSR count). The van der Waals surface area contributed by atoms with Crippen LogP contribution in [0.4, 0.5) is 0 Å². The van der Waals surface area contributed by atoms with Crippen LogP contribution in [-0.2, 0) is 0 Å². The number of hydrogen-bond donors (Lipinski definition) is 0. The molecule has 0 radical (unpaired) electrons. The second-order valence-electron chi connectivity index (χ2n) is 1.35. The van der Waals surface area contributed by atoms with Crippen LogP contribution >= 0.6 is 0 Å². The van der Waals surface area contributed by atoms with Gasteiger partial charge in [0, 0.05) is 11.5 Å². The van der Waals surface area contributed by atoms with E-state index in [1.54, 1.807) is 0 Å². The Kier molecular flexibility index (Phi) is 7.65. The van der Waals surface area contributed by atoms with Gasteiger partial charge >= 0.3 is 0 Å². The Morgan fingerprint density at radius 3 is 2.50 bits per heavy atom. The van der Waals surface area contributed by atoms with Crippen LogP contribution in [0.1, 0.15) is 14.4 Å². The maximum Gasteiger partial charge on any atom is 0.0464 e. The summed E-state index contributed by atoms with van der Waals surface area (Å²) in [6.45, 7) is 5.76. The van der Waals surface area contributed by atoms with Crippen molar-refractivity contribution in [2.24, 2.45) is 5.11 Å². The fourth-order valence-electron chi connectivity index (χ4n) is 0.152. The summed E-state index contributed by atoms with van der Waals surface area (Å²) in [5.41, 5.74) is 8.62. The van der Waals surface area contributed by atoms with Gasteiger partial charge in [0.05, 0.1) is 0 Å². The third-order valence-corrected chi connectivity index (χ3v) is 0.404. The van der Waals surface area contributed by atoms with E-state index in [0.717, 1.165) is 5.57 Å². The first-order valence-electron chi connectivity index (χ1n) is 1.92. The first kappa shape index (κ1) is 10.1. The van der Waals surface area contributed by atoms with Gasteiger partial charge in [-0.15, -0.1) is 6.58 Å². The maximum atomic E-state index is 7.73. The molecule has 0 atom stereocenters. The highest BCUT2D eigenvalue weighted by atomic mass is 15.1. The lowest BCUT2D eigenvalue weighted by Crippen LogP contribution is -1.73. The van der Waals surface area contributed by atoms with Crippen molar-refractivity contribution >= 4 is 0 Å². The molecule has 0 saturated carbocycles. The predicted octanol–water partition coefficient (Wildman–Crippen LogP) is 2.51. The third-order valence-electron chi connectivity index (χ3n) is 0.404. The van der Waals surface area contributed by atoms with Gasteiger partial charge < -0.3 is 0 Å². The quantitative estimate of drug-likeness (QED) is 0.228. The van der Waals surface area contributed by atoms with Crippen LogP contribution in [0.2, 0.25) is 0 Å². The Hall–Kier alpha value is -0.950. The summed E-state index contributed by atoms with van der Waals surface area (Å²) in [7, 11) is 0. The highest BCUT2D eigenvalue weighted by Crippen LogP contribution is 1.85. The van der Waals surface area contributed by atoms with Crippen molar-refractivity contribution in [2.45, 2.75) is 14.4 Å². The molecule has 0 aliphatic carbocycles. The van der Waals surface area contributed by atoms with E-state index in [1.807, 2.05) is 6.92 Å². The number of rotatable bonds is 2. The van der Waals surface area contributed by atoms with E-state index < -0.39 is 0 Å². The van der Waals surface area contributed by atoms with Gasteiger partial charge in [-0.25, -0.2) is 0 Å². The Bertz CT molecular complexity index is 111. The van der Waals surface area contributed by atoms with Gasteiger partial charge in [0.2, 0.25) is 0 Å². The summed E-state index contributed by atoms with van der Waals surface area (Å²) in [5, 5.41) is 3.25. The number of azide groups is 1. The minimum Gasteiger partial charge on any atom is -0.100 e. The molecule has 3 heteroatoms. The topological polar surface area (TPSA) is 48.8 Å². The van der Waals surface area contributed by atoms with Gasteiger partial charge in [-0.3, -0.25) is 0 Å². The predicted molar refractivity (Wildman–Crippen MR) is 35.6 cm³/mol. The van der Waals surface area contributed by atoms with Crippen molar-refractivity contribution in [3.63, 3.8) is 0 Å². The molecule has 0 aliphatic heterocycles. The second-order valence-corrected chi connectivity index (χ2v) is 1.35. The van der Waals surface area contributed by atoms with Crippen molar-refractivity contribution in [1.82, 2.24) is 0 Å². The summed E-state index contributed by atoms with van der Waals surface area (Å²) in [5.74, 6) is 0. The third kappa shape index (κ3) is 8.90. The minimum absolute atomic E-state index is 0. The standard InChI is InChI=1S/C4H7N3.CH4/c1-4(2)3-6-7-5;/h1,3H2,2H3;1H4. The molecule has 0 saturated heterocycles. The molecular formula is C5H11N3. The van der Waals surface area contributed by atoms with Gasteiger partial charge in [-0.1, -0.05) is 18.1 Å². The van der Waals surface area contributed by atoms with Crippen LogP contribution in [0.5, 0.6) is 0 Å². The van der Waals surface area contributed by atoms with Crippen LogP contribution in [0.25, 0.3) is 10.4 Å². The lowest BCUT2D eigenvalue weighted by Gasteiger charge is -1.81. The van der Waals surface area contributed by atoms with E-state index in [-0.39, 0.29) is 7.43 Å². The molecule has 3 nitrogen and oxygen atoms in total. The zero-order valence-corrected chi connectivity index (χ0v) is 4.26. The highest BCUT2D eigenvalue weighted by molar-refractivity contribution is 4.90. The zero-order valence-electron chi connectivity index (χ0n) is 4.26. The van der Waals surface area contributed by atoms with Crippen molar-refractivity contribution in [3.8, 4) is 0 Å². The largest absolute Gasteiger partial charge is 0.100 e. The Labute approximate surface area is 49.6 Å². The molecule has 8 heavy (non-hydrogen) atoms. The zero-order chi connectivity index (χ0) is 5.70. The van der Waals surface area contributed by atoms with Crippen LogP contribution in [0.3, 0.4) is 0 Å². The Morgan fingerprint density at radius 1 is 1.88 bits per heavy atom. The van der Waals surface area contributed by atoms with Crippen LogP contribution < -0.4 is 0 Å². The van der Waals surface area contributed by atoms with E-state index in [2.05, 4.69) is 16.6 Å². The normalized spacial score (nSPS) is 6.12. The molecule has 0 heterocycles. The van der Waals surface area contributed by atoms with E-state index >= 15 is 0 Å². The minimum atomic E-state index is 0. The summed E-state index contributed by atoms with van der Waals surface area (Å²) in [6, 6.07) is 0. The first-order chi connectivity index (χ1) is 3.27. The van der Waals surface area contributed by atoms with Crippen LogP contribution in [0.15, 0.2) is 17.3 Å². The average molecular weight is 113 g/mol. The lowest BCUT2D eigenvalue weighted by molar-refractivity contribution is 1.12. The fourth-order valence-corrected chi connectivity index (χ4v) is 0.152. The van der Waals surface area contributed by atoms with Gasteiger partial charge in [0.15, 0.2) is 0 Å². The van der Waals surface area contributed by atoms with Gasteiger partial charge in [-0.05, 0) is 12.5 Å². The van der Waals surface area contributed by atoms with E-state index in [1.165, 1.54) is 0 Å². The molecule has 0 fully saturated rings. The Balaban J connectivity index is 0. The molecule has 0 aliphatic rings. The second kappa shape index (κ2) is 6.05. The van der Waals surface area contributed by atoms with E-state index in [9.17, 15) is 0 Å². The van der Waals surface area contributed by atoms with Gasteiger partial charge in [0.1, 0.15) is 0 Å². The smallest absolute Gasteiger partial charge is 0.0464 e. The SMILES string of the molecule is C.C=C(C)CN=[N+]=[N-]. The van der Waals surface area contributed by atoms with Crippen LogP contribution in [0, 0.1) is 0 Å². The lowest BCUT2D eigenvalue weighted by atomic mass is 10.4. The summed E-state index contributed by atoms with van der Waals surface area (Å²) < 4.78 is 0. The monoisotopic (exact) mass is 113 g/mol. The molecule has 0 N–H and O–H groups in total. The van der Waals surface area contributed by atoms with Gasteiger partial charge in [-0.2, -0.15) is 0 Å². The molecule has 0 aromatic rings. The molecule has 46 valence electrons. The van der Waals surface area contributed by atoms with Crippen molar-refractivity contribution < 1.29 is 0 Å². The molecule has 0 spiro atoms. The van der Waals surface area contributed by atoms with Crippen molar-refractivity contribution in [2.75, 3.05) is 6.54 Å². The molecular weight excluding hydrogens is 102 g/mol. The molecule has 0 aromatic carbocycles. The van der Waals surface area contributed by atoms with E-state index in [4.69, 9.17) is 5.53 Å². The fraction of sp³-hybridized carbons (Fsp3) is 0.600. The maximum absolute atomic E-state index is 7.73. The van der Waals surface area contributed by atoms with Crippen molar-refractivity contribution in [1.29, 1.82) is 0 Å². The number of hydrogen-bond acceptors (Lipinski definition) is 1. The van der Waals surface area contributed by atoms with Gasteiger partial charge in [0.25, 0.3) is 0 Å². The van der Waals surface area contributed by atoms with Crippen molar-refractivity contribution in [3.05, 3.63) is 22.6 Å². The molecule has 0 aromatic heterocycles. The van der Waals surface area contributed by atoms with E-state index in [0.29, 0.717) is 6.54 Å². The van der Waals surface area contributed by atoms with Crippen LogP contribution in [-0.4, -0.2) is 6.54 Å². The first-order valence-corrected chi connectivity index (χ1v) is 1.92. The summed E-state index contributed by atoms with van der Waals surface area (Å²) >= 11 is 0. The molecule has 0 bridgehead atoms. The molecule has 0 unspecified atom stereocenters. The Morgan fingerprint density at radius 2 is 2.38 bits per heavy atom. The molecule has 0 amide bonds. The highest BCUT2D eigenvalue weighted by Gasteiger charge is 1.74. The summed E-state index contributed by atoms with van der Waals surface area (Å²) in [6.07, 6.45) is 0. The number of nitrogens with zero attached hydrogens (tertiary/aromatic N) is 3. The summed E-state index contributed by atoms with van der Waals surface area (Å²) in [4.78, 5) is 2.54.